The van der Waals surface area contributed by atoms with Crippen molar-refractivity contribution in [3.05, 3.63) is 0 Å². The van der Waals surface area contributed by atoms with Crippen molar-refractivity contribution < 1.29 is 35.5 Å². The van der Waals surface area contributed by atoms with E-state index in [0.29, 0.717) is 0 Å². The molecule has 0 aliphatic rings. The maximum atomic E-state index is 8.42. The van der Waals surface area contributed by atoms with Crippen LogP contribution in [0.15, 0.2) is 0 Å². The summed E-state index contributed by atoms with van der Waals surface area (Å²) in [7, 11) is -2.92. The Balaban J connectivity index is 0. The van der Waals surface area contributed by atoms with Crippen LogP contribution in [0.25, 0.3) is 0 Å². The van der Waals surface area contributed by atoms with Gasteiger partial charge < -0.3 is 15.1 Å². The molecule has 0 aromatic rings. The molecular formula is BO3Pd. The average molecular weight is 165 g/mol. The van der Waals surface area contributed by atoms with Gasteiger partial charge in [0.05, 0.1) is 0 Å². The second-order valence-electron chi connectivity index (χ2n) is 0.289. The summed E-state index contributed by atoms with van der Waals surface area (Å²) in [5.41, 5.74) is 0. The molecule has 0 rings (SSSR count). The van der Waals surface area contributed by atoms with Crippen molar-refractivity contribution in [1.29, 1.82) is 0 Å². The molecule has 0 bridgehead atoms. The van der Waals surface area contributed by atoms with E-state index < -0.39 is 7.32 Å². The second-order valence-corrected chi connectivity index (χ2v) is 0.289. The Morgan fingerprint density at radius 3 is 1.00 bits per heavy atom. The van der Waals surface area contributed by atoms with Gasteiger partial charge in [-0.15, -0.1) is 0 Å². The summed E-state index contributed by atoms with van der Waals surface area (Å²) in [6, 6.07) is 0. The fourth-order valence-electron chi connectivity index (χ4n) is 0. The molecular weight excluding hydrogens is 165 g/mol. The van der Waals surface area contributed by atoms with Gasteiger partial charge in [0.15, 0.2) is 0 Å². The molecule has 0 aliphatic heterocycles. The third-order valence-corrected chi connectivity index (χ3v) is 0. The molecule has 5 heavy (non-hydrogen) atoms. The molecule has 0 fully saturated rings. The van der Waals surface area contributed by atoms with E-state index in [2.05, 4.69) is 0 Å². The molecule has 1 radical (unpaired) electrons. The van der Waals surface area contributed by atoms with E-state index in [-0.39, 0.29) is 20.4 Å². The molecule has 0 unspecified atom stereocenters. The quantitative estimate of drug-likeness (QED) is 0.344. The first-order valence-electron chi connectivity index (χ1n) is 0.707. The molecule has 3 nitrogen and oxygen atoms in total. The molecule has 0 saturated heterocycles. The van der Waals surface area contributed by atoms with Crippen LogP contribution in [0.1, 0.15) is 0 Å². The Morgan fingerprint density at radius 1 is 1.00 bits per heavy atom. The maximum absolute atomic E-state index is 8.42. The van der Waals surface area contributed by atoms with Crippen LogP contribution in [0.3, 0.4) is 0 Å². The fourth-order valence-corrected chi connectivity index (χ4v) is 0. The number of rotatable bonds is 0. The Bertz CT molecular complexity index is 11.6. The fraction of sp³-hybridized carbons (Fsp3) is 0. The molecule has 31 valence electrons. The van der Waals surface area contributed by atoms with Crippen LogP contribution >= 0.6 is 0 Å². The smallest absolute Gasteiger partial charge is 0.907 e. The van der Waals surface area contributed by atoms with E-state index in [1.807, 2.05) is 0 Å². The molecule has 0 spiro atoms. The third-order valence-electron chi connectivity index (χ3n) is 0. The van der Waals surface area contributed by atoms with Crippen LogP contribution in [0.2, 0.25) is 0 Å². The van der Waals surface area contributed by atoms with Crippen LogP contribution in [-0.4, -0.2) is 7.32 Å². The Labute approximate surface area is 43.5 Å². The topological polar surface area (TPSA) is 69.2 Å². The summed E-state index contributed by atoms with van der Waals surface area (Å²) < 4.78 is 0. The minimum absolute atomic E-state index is 0. The predicted molar refractivity (Wildman–Crippen MR) is 5.75 cm³/mol. The summed E-state index contributed by atoms with van der Waals surface area (Å²) in [5, 5.41) is 25.2. The van der Waals surface area contributed by atoms with E-state index in [1.54, 1.807) is 0 Å². The zero-order valence-electron chi connectivity index (χ0n) is 2.12. The average Bonchev–Trinajstić information content (AvgIpc) is 0.811. The molecule has 0 atom stereocenters. The van der Waals surface area contributed by atoms with Gasteiger partial charge in [0.1, 0.15) is 0 Å². The van der Waals surface area contributed by atoms with Crippen molar-refractivity contribution in [2.75, 3.05) is 0 Å². The summed E-state index contributed by atoms with van der Waals surface area (Å²) in [5.74, 6) is 0. The van der Waals surface area contributed by atoms with Crippen LogP contribution in [0, 0.1) is 0 Å². The SMILES string of the molecule is [O-]B([O-])[O-].[Pd+3]. The Hall–Kier alpha value is 0.607. The summed E-state index contributed by atoms with van der Waals surface area (Å²) in [6.45, 7) is 0. The molecule has 5 heteroatoms. The standard InChI is InChI=1S/BO3.Pd/c2-1(3)4;/q-3;+3. The van der Waals surface area contributed by atoms with E-state index in [4.69, 9.17) is 15.1 Å². The molecule has 0 aliphatic carbocycles. The molecule has 0 amide bonds. The first-order chi connectivity index (χ1) is 1.73. The van der Waals surface area contributed by atoms with Gasteiger partial charge in [-0.1, -0.05) is 0 Å². The van der Waals surface area contributed by atoms with Crippen molar-refractivity contribution in [2.45, 2.75) is 0 Å². The van der Waals surface area contributed by atoms with Crippen molar-refractivity contribution in [3.8, 4) is 0 Å². The van der Waals surface area contributed by atoms with Crippen molar-refractivity contribution in [3.63, 3.8) is 0 Å². The molecule has 0 N–H and O–H groups in total. The Morgan fingerprint density at radius 2 is 1.00 bits per heavy atom. The van der Waals surface area contributed by atoms with Crippen LogP contribution in [0.5, 0.6) is 0 Å². The van der Waals surface area contributed by atoms with Crippen LogP contribution in [0.4, 0.5) is 0 Å². The van der Waals surface area contributed by atoms with E-state index in [9.17, 15) is 0 Å². The first kappa shape index (κ1) is 9.15. The van der Waals surface area contributed by atoms with Gasteiger partial charge in [-0.25, -0.2) is 0 Å². The number of hydrogen-bond acceptors (Lipinski definition) is 3. The van der Waals surface area contributed by atoms with Gasteiger partial charge in [0.2, 0.25) is 0 Å². The van der Waals surface area contributed by atoms with E-state index >= 15 is 0 Å². The van der Waals surface area contributed by atoms with Gasteiger partial charge in [0, 0.05) is 0 Å². The summed E-state index contributed by atoms with van der Waals surface area (Å²) in [6.07, 6.45) is 0. The van der Waals surface area contributed by atoms with Crippen LogP contribution in [-0.2, 0) is 20.4 Å². The van der Waals surface area contributed by atoms with Gasteiger partial charge >= 0.3 is 20.4 Å². The first-order valence-corrected chi connectivity index (χ1v) is 0.707. The maximum Gasteiger partial charge on any atom is 3.00 e. The Kier molecular flexibility index (Phi) is 8.43. The van der Waals surface area contributed by atoms with Crippen LogP contribution < -0.4 is 15.1 Å². The van der Waals surface area contributed by atoms with Crippen molar-refractivity contribution in [1.82, 2.24) is 0 Å². The van der Waals surface area contributed by atoms with Gasteiger partial charge in [-0.3, -0.25) is 7.32 Å². The third kappa shape index (κ3) is 84.9. The van der Waals surface area contributed by atoms with Gasteiger partial charge in [-0.2, -0.15) is 0 Å². The minimum atomic E-state index is -2.92. The van der Waals surface area contributed by atoms with E-state index in [1.165, 1.54) is 0 Å². The molecule has 0 heterocycles. The summed E-state index contributed by atoms with van der Waals surface area (Å²) >= 11 is 0. The van der Waals surface area contributed by atoms with Gasteiger partial charge in [0.25, 0.3) is 0 Å². The molecule has 0 saturated carbocycles. The zero-order chi connectivity index (χ0) is 3.58. The number of hydrogen-bond donors (Lipinski definition) is 0. The van der Waals surface area contributed by atoms with Crippen molar-refractivity contribution in [2.24, 2.45) is 0 Å². The minimum Gasteiger partial charge on any atom is -0.907 e. The molecule has 0 aromatic carbocycles. The summed E-state index contributed by atoms with van der Waals surface area (Å²) in [4.78, 5) is 0. The normalized spacial score (nSPS) is 5.40. The predicted octanol–water partition coefficient (Wildman–Crippen LogP) is -3.95. The van der Waals surface area contributed by atoms with Crippen molar-refractivity contribution >= 4 is 7.32 Å². The van der Waals surface area contributed by atoms with E-state index in [0.717, 1.165) is 0 Å². The second kappa shape index (κ2) is 4.61. The monoisotopic (exact) mass is 165 g/mol. The largest absolute Gasteiger partial charge is 3.00 e. The zero-order valence-corrected chi connectivity index (χ0v) is 3.67. The van der Waals surface area contributed by atoms with Gasteiger partial charge in [-0.05, 0) is 0 Å². The molecule has 0 aromatic heterocycles.